The molecule has 1 N–H and O–H groups in total. The summed E-state index contributed by atoms with van der Waals surface area (Å²) in [5, 5.41) is 3.33. The fraction of sp³-hybridized carbons (Fsp3) is 0.211. The highest BCUT2D eigenvalue weighted by molar-refractivity contribution is 5.62. The zero-order valence-electron chi connectivity index (χ0n) is 14.0. The molecule has 2 aromatic heterocycles. The monoisotopic (exact) mass is 319 g/mol. The first-order chi connectivity index (χ1) is 11.8. The van der Waals surface area contributed by atoms with Crippen LogP contribution in [0.2, 0.25) is 0 Å². The summed E-state index contributed by atoms with van der Waals surface area (Å²) < 4.78 is 0. The first kappa shape index (κ1) is 15.9. The van der Waals surface area contributed by atoms with Crippen molar-refractivity contribution in [2.24, 2.45) is 0 Å². The lowest BCUT2D eigenvalue weighted by Crippen LogP contribution is -2.18. The van der Waals surface area contributed by atoms with Gasteiger partial charge in [0.2, 0.25) is 0 Å². The molecule has 0 unspecified atom stereocenters. The van der Waals surface area contributed by atoms with E-state index in [2.05, 4.69) is 44.2 Å². The Kier molecular flexibility index (Phi) is 5.01. The average molecular weight is 319 g/mol. The third kappa shape index (κ3) is 3.87. The van der Waals surface area contributed by atoms with E-state index in [9.17, 15) is 0 Å². The third-order valence-corrected chi connectivity index (χ3v) is 3.66. The van der Waals surface area contributed by atoms with Crippen LogP contribution in [0.25, 0.3) is 0 Å². The van der Waals surface area contributed by atoms with Crippen LogP contribution in [0.3, 0.4) is 0 Å². The second-order valence-corrected chi connectivity index (χ2v) is 5.41. The molecule has 24 heavy (non-hydrogen) atoms. The van der Waals surface area contributed by atoms with E-state index in [1.807, 2.05) is 49.4 Å². The zero-order chi connectivity index (χ0) is 16.8. The van der Waals surface area contributed by atoms with Gasteiger partial charge in [-0.3, -0.25) is 4.98 Å². The second kappa shape index (κ2) is 7.55. The normalized spacial score (nSPS) is 10.4. The van der Waals surface area contributed by atoms with Crippen LogP contribution in [0.5, 0.6) is 0 Å². The van der Waals surface area contributed by atoms with Gasteiger partial charge in [0.1, 0.15) is 17.5 Å². The molecule has 122 valence electrons. The maximum Gasteiger partial charge on any atom is 0.138 e. The van der Waals surface area contributed by atoms with Crippen molar-refractivity contribution in [1.29, 1.82) is 0 Å². The maximum atomic E-state index is 4.60. The fourth-order valence-corrected chi connectivity index (χ4v) is 2.55. The second-order valence-electron chi connectivity index (χ2n) is 5.41. The van der Waals surface area contributed by atoms with Crippen molar-refractivity contribution in [3.05, 3.63) is 72.3 Å². The van der Waals surface area contributed by atoms with Crippen LogP contribution >= 0.6 is 0 Å². The summed E-state index contributed by atoms with van der Waals surface area (Å²) in [4.78, 5) is 15.6. The minimum atomic E-state index is 0.633. The summed E-state index contributed by atoms with van der Waals surface area (Å²) >= 11 is 0. The first-order valence-corrected chi connectivity index (χ1v) is 8.08. The molecular weight excluding hydrogens is 298 g/mol. The number of aryl methyl sites for hydroxylation is 1. The van der Waals surface area contributed by atoms with Gasteiger partial charge in [0.25, 0.3) is 0 Å². The summed E-state index contributed by atoms with van der Waals surface area (Å²) in [5.74, 6) is 2.43. The number of hydrogen-bond donors (Lipinski definition) is 1. The molecule has 5 nitrogen and oxygen atoms in total. The number of benzene rings is 1. The van der Waals surface area contributed by atoms with Gasteiger partial charge in [0.05, 0.1) is 12.2 Å². The Bertz CT molecular complexity index is 774. The molecule has 0 amide bonds. The fourth-order valence-electron chi connectivity index (χ4n) is 2.55. The SMILES string of the molecule is CCN(c1ccccc1)c1cc(NCc2ccccn2)nc(C)n1. The predicted octanol–water partition coefficient (Wildman–Crippen LogP) is 3.95. The summed E-state index contributed by atoms with van der Waals surface area (Å²) in [5.41, 5.74) is 2.10. The molecule has 2 heterocycles. The van der Waals surface area contributed by atoms with Crippen molar-refractivity contribution in [3.8, 4) is 0 Å². The molecule has 0 bridgehead atoms. The highest BCUT2D eigenvalue weighted by atomic mass is 15.2. The van der Waals surface area contributed by atoms with Crippen LogP contribution in [0.4, 0.5) is 17.3 Å². The Balaban J connectivity index is 1.83. The zero-order valence-corrected chi connectivity index (χ0v) is 14.0. The number of aromatic nitrogens is 3. The Morgan fingerprint density at radius 2 is 1.79 bits per heavy atom. The molecule has 3 rings (SSSR count). The third-order valence-electron chi connectivity index (χ3n) is 3.66. The van der Waals surface area contributed by atoms with Crippen LogP contribution in [0.15, 0.2) is 60.8 Å². The Morgan fingerprint density at radius 1 is 1.00 bits per heavy atom. The van der Waals surface area contributed by atoms with E-state index in [-0.39, 0.29) is 0 Å². The summed E-state index contributed by atoms with van der Waals surface area (Å²) in [6.07, 6.45) is 1.79. The number of hydrogen-bond acceptors (Lipinski definition) is 5. The number of pyridine rings is 1. The Morgan fingerprint density at radius 3 is 2.50 bits per heavy atom. The van der Waals surface area contributed by atoms with Gasteiger partial charge in [-0.25, -0.2) is 9.97 Å². The number of anilines is 3. The van der Waals surface area contributed by atoms with Gasteiger partial charge in [-0.05, 0) is 38.1 Å². The average Bonchev–Trinajstić information content (AvgIpc) is 2.62. The molecule has 0 fully saturated rings. The molecule has 0 aliphatic heterocycles. The molecule has 1 aromatic carbocycles. The van der Waals surface area contributed by atoms with E-state index < -0.39 is 0 Å². The summed E-state index contributed by atoms with van der Waals surface area (Å²) in [7, 11) is 0. The van der Waals surface area contributed by atoms with Crippen molar-refractivity contribution in [1.82, 2.24) is 15.0 Å². The van der Waals surface area contributed by atoms with E-state index in [1.165, 1.54) is 0 Å². The molecule has 0 aliphatic carbocycles. The number of rotatable bonds is 6. The van der Waals surface area contributed by atoms with Crippen molar-refractivity contribution >= 4 is 17.3 Å². The minimum Gasteiger partial charge on any atom is -0.364 e. The molecule has 0 aliphatic rings. The largest absolute Gasteiger partial charge is 0.364 e. The lowest BCUT2D eigenvalue weighted by molar-refractivity contribution is 0.941. The van der Waals surface area contributed by atoms with Gasteiger partial charge in [-0.2, -0.15) is 0 Å². The molecule has 0 spiro atoms. The quantitative estimate of drug-likeness (QED) is 0.745. The van der Waals surface area contributed by atoms with Crippen molar-refractivity contribution < 1.29 is 0 Å². The predicted molar refractivity (Wildman–Crippen MR) is 97.5 cm³/mol. The van der Waals surface area contributed by atoms with Crippen LogP contribution in [0, 0.1) is 6.92 Å². The maximum absolute atomic E-state index is 4.60. The van der Waals surface area contributed by atoms with Gasteiger partial charge in [0.15, 0.2) is 0 Å². The van der Waals surface area contributed by atoms with Gasteiger partial charge in [-0.1, -0.05) is 24.3 Å². The van der Waals surface area contributed by atoms with Crippen molar-refractivity contribution in [3.63, 3.8) is 0 Å². The van der Waals surface area contributed by atoms with Crippen LogP contribution in [-0.4, -0.2) is 21.5 Å². The summed E-state index contributed by atoms with van der Waals surface area (Å²) in [6.45, 7) is 5.49. The molecule has 0 saturated carbocycles. The molecule has 0 saturated heterocycles. The van der Waals surface area contributed by atoms with E-state index in [4.69, 9.17) is 0 Å². The standard InChI is InChI=1S/C19H21N5/c1-3-24(17-10-5-4-6-11-17)19-13-18(22-15(2)23-19)21-14-16-9-7-8-12-20-16/h4-13H,3,14H2,1-2H3,(H,21,22,23). The van der Waals surface area contributed by atoms with Gasteiger partial charge < -0.3 is 10.2 Å². The van der Waals surface area contributed by atoms with Crippen LogP contribution < -0.4 is 10.2 Å². The lowest BCUT2D eigenvalue weighted by atomic mass is 10.3. The van der Waals surface area contributed by atoms with E-state index in [1.54, 1.807) is 6.20 Å². The van der Waals surface area contributed by atoms with Gasteiger partial charge >= 0.3 is 0 Å². The number of para-hydroxylation sites is 1. The summed E-state index contributed by atoms with van der Waals surface area (Å²) in [6, 6.07) is 18.1. The first-order valence-electron chi connectivity index (χ1n) is 8.08. The molecule has 5 heteroatoms. The topological polar surface area (TPSA) is 53.9 Å². The number of nitrogens with zero attached hydrogens (tertiary/aromatic N) is 4. The van der Waals surface area contributed by atoms with Crippen LogP contribution in [0.1, 0.15) is 18.4 Å². The highest BCUT2D eigenvalue weighted by Crippen LogP contribution is 2.24. The molecule has 0 atom stereocenters. The van der Waals surface area contributed by atoms with E-state index >= 15 is 0 Å². The Labute approximate surface area is 142 Å². The highest BCUT2D eigenvalue weighted by Gasteiger charge is 2.11. The molecular formula is C19H21N5. The van der Waals surface area contributed by atoms with Gasteiger partial charge in [0, 0.05) is 24.5 Å². The number of nitrogens with one attached hydrogen (secondary N) is 1. The van der Waals surface area contributed by atoms with Gasteiger partial charge in [-0.15, -0.1) is 0 Å². The van der Waals surface area contributed by atoms with E-state index in [0.717, 1.165) is 35.4 Å². The lowest BCUT2D eigenvalue weighted by Gasteiger charge is -2.23. The van der Waals surface area contributed by atoms with Crippen molar-refractivity contribution in [2.45, 2.75) is 20.4 Å². The van der Waals surface area contributed by atoms with E-state index in [0.29, 0.717) is 6.54 Å². The van der Waals surface area contributed by atoms with Crippen molar-refractivity contribution in [2.75, 3.05) is 16.8 Å². The van der Waals surface area contributed by atoms with Crippen LogP contribution in [-0.2, 0) is 6.54 Å². The smallest absolute Gasteiger partial charge is 0.138 e. The molecule has 0 radical (unpaired) electrons. The molecule has 3 aromatic rings. The minimum absolute atomic E-state index is 0.633. The Hall–Kier alpha value is -2.95.